The first-order valence-corrected chi connectivity index (χ1v) is 33.0. The SMILES string of the molecule is CC(C)(C)c1ccc2c(c1)c1cc(C(C)(C)C)ccc1n2-c1csc(-c2cc(Cl)ccc2[OH+]CCCC[OH2+])c1O.Cc1ccc(Cl)cc1-c1scc(-n2c3ccc(C(C)(C)C)cc3c3cc(C(C)(C)C)ccc32)c1O.[CH2-]c1ccccc1.[CH2-]c1ccccc1.[Hf]. The maximum Gasteiger partial charge on any atom is 0.263 e. The van der Waals surface area contributed by atoms with Crippen molar-refractivity contribution >= 4 is 89.5 Å². The summed E-state index contributed by atoms with van der Waals surface area (Å²) in [5.74, 6) is 1.33. The fraction of sp³-hybridized carbons (Fsp3) is 0.266. The van der Waals surface area contributed by atoms with E-state index in [-0.39, 0.29) is 53.3 Å². The molecule has 466 valence electrons. The van der Waals surface area contributed by atoms with E-state index in [1.165, 1.54) is 55.1 Å². The second kappa shape index (κ2) is 28.4. The molecular weight excluding hydrogens is 1350 g/mol. The minimum Gasteiger partial charge on any atom is -0.582 e. The molecule has 0 spiro atoms. The summed E-state index contributed by atoms with van der Waals surface area (Å²) in [5, 5.41) is 40.8. The van der Waals surface area contributed by atoms with E-state index < -0.39 is 0 Å². The average molecular weight is 1440 g/mol. The monoisotopic (exact) mass is 1440 g/mol. The van der Waals surface area contributed by atoms with Gasteiger partial charge in [-0.1, -0.05) is 149 Å². The van der Waals surface area contributed by atoms with E-state index in [9.17, 15) is 10.2 Å². The van der Waals surface area contributed by atoms with Crippen molar-refractivity contribution in [2.75, 3.05) is 13.2 Å². The Labute approximate surface area is 570 Å². The molecular formula is C79H86Cl2HfN2O4S2. The molecule has 0 fully saturated rings. The minimum atomic E-state index is 0. The molecule has 0 unspecified atom stereocenters. The first-order valence-electron chi connectivity index (χ1n) is 30.5. The van der Waals surface area contributed by atoms with Crippen LogP contribution in [0, 0.1) is 20.8 Å². The van der Waals surface area contributed by atoms with Gasteiger partial charge in [-0.25, -0.2) is 0 Å². The van der Waals surface area contributed by atoms with Crippen LogP contribution in [0.1, 0.15) is 135 Å². The summed E-state index contributed by atoms with van der Waals surface area (Å²) in [6.45, 7) is 37.5. The van der Waals surface area contributed by atoms with Crippen LogP contribution in [0.4, 0.5) is 0 Å². The number of aryl methyl sites for hydroxylation is 1. The fourth-order valence-electron chi connectivity index (χ4n) is 10.9. The number of halogens is 2. The maximum absolute atomic E-state index is 11.7. The quantitative estimate of drug-likeness (QED) is 0.0653. The minimum absolute atomic E-state index is 0. The van der Waals surface area contributed by atoms with Crippen molar-refractivity contribution in [1.29, 1.82) is 0 Å². The van der Waals surface area contributed by atoms with Gasteiger partial charge in [0.15, 0.2) is 18.1 Å². The van der Waals surface area contributed by atoms with Crippen molar-refractivity contribution in [1.82, 2.24) is 9.13 Å². The second-order valence-electron chi connectivity index (χ2n) is 27.1. The molecule has 6 nitrogen and oxygen atoms in total. The number of aromatic nitrogens is 2. The van der Waals surface area contributed by atoms with Crippen LogP contribution in [0.2, 0.25) is 10.0 Å². The summed E-state index contributed by atoms with van der Waals surface area (Å²) in [6, 6.07) is 58.1. The average Bonchev–Trinajstić information content (AvgIpc) is 1.59. The van der Waals surface area contributed by atoms with Crippen LogP contribution < -0.4 is 0 Å². The summed E-state index contributed by atoms with van der Waals surface area (Å²) < 4.78 is 9.18. The molecule has 8 aromatic carbocycles. The molecule has 4 heterocycles. The van der Waals surface area contributed by atoms with E-state index in [0.29, 0.717) is 29.0 Å². The fourth-order valence-corrected chi connectivity index (χ4v) is 13.2. The first kappa shape index (κ1) is 69.2. The molecule has 0 aliphatic heterocycles. The predicted octanol–water partition coefficient (Wildman–Crippen LogP) is 22.7. The molecule has 11 heteroatoms. The van der Waals surface area contributed by atoms with Crippen LogP contribution in [-0.2, 0) is 47.5 Å². The molecule has 4 aromatic heterocycles. The molecule has 5 N–H and O–H groups in total. The van der Waals surface area contributed by atoms with Gasteiger partial charge in [-0.3, -0.25) is 0 Å². The summed E-state index contributed by atoms with van der Waals surface area (Å²) in [7, 11) is 0. The number of ether oxygens (including phenoxy) is 1. The van der Waals surface area contributed by atoms with Gasteiger partial charge in [0.05, 0.1) is 48.8 Å². The van der Waals surface area contributed by atoms with E-state index in [1.807, 2.05) is 109 Å². The summed E-state index contributed by atoms with van der Waals surface area (Å²) >= 11 is 15.8. The molecule has 0 atom stereocenters. The Balaban J connectivity index is 0.000000189. The molecule has 12 rings (SSSR count). The van der Waals surface area contributed by atoms with Crippen LogP contribution in [0.5, 0.6) is 17.2 Å². The van der Waals surface area contributed by atoms with Gasteiger partial charge in [0.25, 0.3) is 5.75 Å². The van der Waals surface area contributed by atoms with Gasteiger partial charge in [0.1, 0.15) is 6.61 Å². The number of rotatable bonds is 9. The summed E-state index contributed by atoms with van der Waals surface area (Å²) in [4.78, 5) is 1.59. The van der Waals surface area contributed by atoms with Crippen LogP contribution >= 0.6 is 45.9 Å². The molecule has 0 amide bonds. The smallest absolute Gasteiger partial charge is 0.263 e. The number of aromatic hydroxyl groups is 3. The van der Waals surface area contributed by atoms with Crippen molar-refractivity contribution < 1.29 is 45.9 Å². The standard InChI is InChI=1S/C34H38ClNO3S.C31H32ClNOS.2C7H7.Hf/c1-33(2,3)21-9-12-27-24(17-21)25-18-22(34(4,5)6)10-13-28(25)36(27)29-20-40-32(31(29)38)26-19-23(35)11-14-30(26)39-16-8-7-15-37;1-18-8-11-21(32)16-22(18)29-28(34)27(17-35-29)33-25-12-9-19(30(2,3)4)14-23(25)24-15-20(31(5,6)7)10-13-26(24)33;2*1-7-5-3-2-4-6-7;/h9-14,17-20,37-38H,7-8,15-16H2,1-6H3;8-17,34H,1-7H3;2*2-6H,1H2;/q;;2*-1;/p+2. The van der Waals surface area contributed by atoms with E-state index in [1.54, 1.807) is 11.3 Å². The zero-order valence-electron chi connectivity index (χ0n) is 54.4. The number of fused-ring (bicyclic) bond motifs is 6. The van der Waals surface area contributed by atoms with Gasteiger partial charge in [0, 0.05) is 87.1 Å². The van der Waals surface area contributed by atoms with Crippen LogP contribution in [0.3, 0.4) is 0 Å². The van der Waals surface area contributed by atoms with Crippen molar-refractivity contribution in [2.24, 2.45) is 0 Å². The largest absolute Gasteiger partial charge is 0.582 e. The topological polar surface area (TPSA) is 86.0 Å². The zero-order valence-corrected chi connectivity index (χ0v) is 61.1. The Bertz CT molecular complexity index is 4250. The van der Waals surface area contributed by atoms with Crippen LogP contribution in [0.15, 0.2) is 181 Å². The van der Waals surface area contributed by atoms with E-state index in [2.05, 4.69) is 184 Å². The van der Waals surface area contributed by atoms with Crippen molar-refractivity contribution in [3.05, 3.63) is 243 Å². The van der Waals surface area contributed by atoms with Gasteiger partial charge in [0.2, 0.25) is 0 Å². The van der Waals surface area contributed by atoms with E-state index in [0.717, 1.165) is 89.6 Å². The molecule has 0 radical (unpaired) electrons. The number of benzene rings is 8. The maximum atomic E-state index is 11.7. The third kappa shape index (κ3) is 15.6. The number of hydrogen-bond acceptors (Lipinski definition) is 4. The molecule has 12 aromatic rings. The van der Waals surface area contributed by atoms with Gasteiger partial charge in [-0.05, 0) is 135 Å². The van der Waals surface area contributed by atoms with E-state index >= 15 is 0 Å². The predicted molar refractivity (Wildman–Crippen MR) is 387 cm³/mol. The molecule has 0 aliphatic rings. The molecule has 90 heavy (non-hydrogen) atoms. The third-order valence-electron chi connectivity index (χ3n) is 16.2. The number of aliphatic hydroxyl groups is 1. The van der Waals surface area contributed by atoms with Crippen molar-refractivity contribution in [2.45, 2.75) is 125 Å². The Morgan fingerprint density at radius 1 is 0.456 bits per heavy atom. The van der Waals surface area contributed by atoms with Crippen molar-refractivity contribution in [3.63, 3.8) is 0 Å². The summed E-state index contributed by atoms with van der Waals surface area (Å²) in [5.41, 5.74) is 16.2. The molecule has 0 aliphatic carbocycles. The van der Waals surface area contributed by atoms with Crippen LogP contribution in [-0.4, -0.2) is 42.4 Å². The Morgan fingerprint density at radius 2 is 0.800 bits per heavy atom. The second-order valence-corrected chi connectivity index (χ2v) is 29.8. The molecule has 0 bridgehead atoms. The van der Waals surface area contributed by atoms with Gasteiger partial charge < -0.3 is 29.2 Å². The number of nitrogens with zero attached hydrogens (tertiary/aromatic N) is 2. The Kier molecular flexibility index (Phi) is 21.9. The van der Waals surface area contributed by atoms with Gasteiger partial charge in [-0.2, -0.15) is 49.2 Å². The number of thiophene rings is 2. The third-order valence-corrected chi connectivity index (χ3v) is 18.6. The normalized spacial score (nSPS) is 11.8. The first-order chi connectivity index (χ1) is 42.0. The number of unbranched alkanes of at least 4 members (excludes halogenated alkanes) is 1. The number of hydrogen-bond donors (Lipinski definition) is 2. The van der Waals surface area contributed by atoms with Crippen molar-refractivity contribution in [3.8, 4) is 49.5 Å². The Hall–Kier alpha value is -6.69. The zero-order chi connectivity index (χ0) is 64.3. The van der Waals surface area contributed by atoms with Gasteiger partial charge in [-0.15, -0.1) is 46.9 Å². The van der Waals surface area contributed by atoms with E-state index in [4.69, 9.17) is 33.0 Å². The van der Waals surface area contributed by atoms with Gasteiger partial charge >= 0.3 is 0 Å². The summed E-state index contributed by atoms with van der Waals surface area (Å²) in [6.07, 6.45) is 1.68. The van der Waals surface area contributed by atoms with Crippen LogP contribution in [0.25, 0.3) is 75.9 Å². The molecule has 0 saturated heterocycles. The molecule has 0 saturated carbocycles. The Morgan fingerprint density at radius 3 is 1.13 bits per heavy atom.